The van der Waals surface area contributed by atoms with Crippen molar-refractivity contribution in [2.24, 2.45) is 0 Å². The zero-order chi connectivity index (χ0) is 27.0. The van der Waals surface area contributed by atoms with E-state index in [1.54, 1.807) is 7.11 Å². The summed E-state index contributed by atoms with van der Waals surface area (Å²) in [6.45, 7) is 8.15. The molecule has 0 bridgehead atoms. The molecular weight excluding hydrogens is 589 g/mol. The topological polar surface area (TPSA) is 44.8 Å². The molecule has 6 heteroatoms. The number of ether oxygens (including phenoxy) is 3. The number of carbonyl (C=O) groups is 1. The van der Waals surface area contributed by atoms with E-state index in [9.17, 15) is 4.79 Å². The third kappa shape index (κ3) is 18.6. The smallest absolute Gasteiger partial charge is 0.342 e. The fourth-order valence-corrected chi connectivity index (χ4v) is 5.58. The van der Waals surface area contributed by atoms with Gasteiger partial charge in [0.2, 0.25) is 0 Å². The zero-order valence-corrected chi connectivity index (χ0v) is 27.9. The van der Waals surface area contributed by atoms with Crippen LogP contribution >= 0.6 is 0 Å². The molecule has 38 heavy (non-hydrogen) atoms. The SMILES string of the molecule is CCCCCCCCCCCCCCCCC(COCCCOC(CC)C(=O)[N+]1(C)CCCCC1)OC.[I-]. The summed E-state index contributed by atoms with van der Waals surface area (Å²) in [6.07, 6.45) is 25.5. The maximum Gasteiger partial charge on any atom is 0.342 e. The molecule has 1 rings (SSSR count). The van der Waals surface area contributed by atoms with E-state index in [-0.39, 0.29) is 42.1 Å². The third-order valence-corrected chi connectivity index (χ3v) is 8.25. The molecule has 1 saturated heterocycles. The molecule has 0 spiro atoms. The largest absolute Gasteiger partial charge is 1.00 e. The zero-order valence-electron chi connectivity index (χ0n) is 25.8. The summed E-state index contributed by atoms with van der Waals surface area (Å²) >= 11 is 0. The number of hydrogen-bond donors (Lipinski definition) is 0. The van der Waals surface area contributed by atoms with E-state index in [1.165, 1.54) is 96.3 Å². The predicted molar refractivity (Wildman–Crippen MR) is 156 cm³/mol. The van der Waals surface area contributed by atoms with Crippen LogP contribution in [0.5, 0.6) is 0 Å². The Kier molecular flexibility index (Phi) is 26.3. The van der Waals surface area contributed by atoms with Crippen LogP contribution in [0.1, 0.15) is 142 Å². The highest BCUT2D eigenvalue weighted by molar-refractivity contribution is 5.74. The second-order valence-electron chi connectivity index (χ2n) is 11.7. The number of amides is 1. The molecule has 228 valence electrons. The first kappa shape index (κ1) is 38.2. The number of carbonyl (C=O) groups excluding carboxylic acids is 1. The first-order valence-corrected chi connectivity index (χ1v) is 16.2. The van der Waals surface area contributed by atoms with Crippen LogP contribution in [0.4, 0.5) is 0 Å². The van der Waals surface area contributed by atoms with Gasteiger partial charge in [0.25, 0.3) is 0 Å². The number of hydrogen-bond acceptors (Lipinski definition) is 4. The van der Waals surface area contributed by atoms with Gasteiger partial charge in [0, 0.05) is 13.7 Å². The van der Waals surface area contributed by atoms with Crippen molar-refractivity contribution in [3.8, 4) is 0 Å². The molecular formula is C32H64INO4. The molecule has 2 atom stereocenters. The van der Waals surface area contributed by atoms with E-state index in [0.29, 0.717) is 24.3 Å². The number of quaternary nitrogens is 1. The van der Waals surface area contributed by atoms with Crippen LogP contribution in [0.25, 0.3) is 0 Å². The summed E-state index contributed by atoms with van der Waals surface area (Å²) < 4.78 is 18.0. The lowest BCUT2D eigenvalue weighted by Gasteiger charge is -2.37. The van der Waals surface area contributed by atoms with Crippen LogP contribution in [0.3, 0.4) is 0 Å². The van der Waals surface area contributed by atoms with Gasteiger partial charge in [-0.2, -0.15) is 0 Å². The molecule has 1 amide bonds. The Morgan fingerprint density at radius 3 is 1.76 bits per heavy atom. The standard InChI is InChI=1S/C32H64NO4.HI/c1-5-7-8-9-10-11-12-13-14-15-16-17-18-20-24-30(35-4)29-36-27-23-28-37-31(6-2)32(34)33(3)25-21-19-22-26-33;/h30-31H,5-29H2,1-4H3;1H/q+1;/p-1. The molecule has 0 aromatic rings. The lowest BCUT2D eigenvalue weighted by Crippen LogP contribution is -3.00. The van der Waals surface area contributed by atoms with Gasteiger partial charge in [-0.15, -0.1) is 0 Å². The molecule has 0 aliphatic carbocycles. The maximum atomic E-state index is 13.0. The molecule has 0 N–H and O–H groups in total. The molecule has 1 heterocycles. The van der Waals surface area contributed by atoms with Crippen LogP contribution in [0.2, 0.25) is 0 Å². The monoisotopic (exact) mass is 653 g/mol. The molecule has 1 fully saturated rings. The molecule has 5 nitrogen and oxygen atoms in total. The van der Waals surface area contributed by atoms with Gasteiger partial charge < -0.3 is 38.2 Å². The number of unbranched alkanes of at least 4 members (excludes halogenated alkanes) is 13. The van der Waals surface area contributed by atoms with Crippen LogP contribution in [-0.2, 0) is 19.0 Å². The maximum absolute atomic E-state index is 13.0. The van der Waals surface area contributed by atoms with Crippen LogP contribution in [0, 0.1) is 0 Å². The molecule has 0 aromatic heterocycles. The molecule has 1 aliphatic rings. The van der Waals surface area contributed by atoms with Gasteiger partial charge >= 0.3 is 5.91 Å². The second-order valence-corrected chi connectivity index (χ2v) is 11.7. The minimum Gasteiger partial charge on any atom is -1.00 e. The van der Waals surface area contributed by atoms with Crippen molar-refractivity contribution in [2.75, 3.05) is 47.1 Å². The highest BCUT2D eigenvalue weighted by atomic mass is 127. The molecule has 0 aromatic carbocycles. The molecule has 2 unspecified atom stereocenters. The van der Waals surface area contributed by atoms with E-state index >= 15 is 0 Å². The van der Waals surface area contributed by atoms with Gasteiger partial charge in [-0.1, -0.05) is 104 Å². The normalized spacial score (nSPS) is 16.6. The summed E-state index contributed by atoms with van der Waals surface area (Å²) in [5.74, 6) is 0.260. The fourth-order valence-electron chi connectivity index (χ4n) is 5.58. The summed E-state index contributed by atoms with van der Waals surface area (Å²) in [6, 6.07) is 0. The Morgan fingerprint density at radius 1 is 0.737 bits per heavy atom. The van der Waals surface area contributed by atoms with Crippen molar-refractivity contribution in [2.45, 2.75) is 154 Å². The quantitative estimate of drug-likeness (QED) is 0.0769. The van der Waals surface area contributed by atoms with E-state index in [1.807, 2.05) is 0 Å². The second kappa shape index (κ2) is 26.2. The lowest BCUT2D eigenvalue weighted by molar-refractivity contribution is -0.841. The number of piperidine rings is 1. The summed E-state index contributed by atoms with van der Waals surface area (Å²) in [5, 5.41) is 0. The first-order valence-electron chi connectivity index (χ1n) is 16.2. The molecule has 1 aliphatic heterocycles. The average molecular weight is 654 g/mol. The van der Waals surface area contributed by atoms with Gasteiger partial charge in [-0.05, 0) is 38.5 Å². The Hall–Kier alpha value is 0.240. The number of rotatable bonds is 25. The Morgan fingerprint density at radius 2 is 1.26 bits per heavy atom. The van der Waals surface area contributed by atoms with Crippen molar-refractivity contribution in [3.63, 3.8) is 0 Å². The Bertz CT molecular complexity index is 528. The number of methoxy groups -OCH3 is 1. The van der Waals surface area contributed by atoms with E-state index in [2.05, 4.69) is 20.9 Å². The first-order chi connectivity index (χ1) is 18.1. The Balaban J connectivity index is 0.0000137. The highest BCUT2D eigenvalue weighted by Crippen LogP contribution is 2.20. The number of likely N-dealkylation sites (N-methyl/N-ethyl adjacent to an activating group) is 1. The highest BCUT2D eigenvalue weighted by Gasteiger charge is 2.38. The van der Waals surface area contributed by atoms with Gasteiger partial charge in [0.15, 0.2) is 6.10 Å². The minimum absolute atomic E-state index is 0. The van der Waals surface area contributed by atoms with Crippen molar-refractivity contribution in [1.29, 1.82) is 0 Å². The van der Waals surface area contributed by atoms with Gasteiger partial charge in [-0.3, -0.25) is 4.48 Å². The van der Waals surface area contributed by atoms with Crippen LogP contribution in [0.15, 0.2) is 0 Å². The van der Waals surface area contributed by atoms with Crippen molar-refractivity contribution in [1.82, 2.24) is 0 Å². The fraction of sp³-hybridized carbons (Fsp3) is 0.969. The third-order valence-electron chi connectivity index (χ3n) is 8.25. The van der Waals surface area contributed by atoms with Crippen molar-refractivity contribution in [3.05, 3.63) is 0 Å². The van der Waals surface area contributed by atoms with E-state index in [4.69, 9.17) is 14.2 Å². The molecule has 0 saturated carbocycles. The average Bonchev–Trinajstić information content (AvgIpc) is 2.91. The van der Waals surface area contributed by atoms with Crippen molar-refractivity contribution < 1.29 is 47.5 Å². The lowest BCUT2D eigenvalue weighted by atomic mass is 10.0. The Labute approximate surface area is 254 Å². The number of halogens is 1. The van der Waals surface area contributed by atoms with Gasteiger partial charge in [0.05, 0.1) is 39.5 Å². The van der Waals surface area contributed by atoms with E-state index < -0.39 is 0 Å². The number of nitrogens with zero attached hydrogens (tertiary/aromatic N) is 1. The minimum atomic E-state index is -0.282. The van der Waals surface area contributed by atoms with Crippen LogP contribution in [-0.4, -0.2) is 69.7 Å². The van der Waals surface area contributed by atoms with E-state index in [0.717, 1.165) is 45.2 Å². The van der Waals surface area contributed by atoms with Crippen LogP contribution < -0.4 is 24.0 Å². The van der Waals surface area contributed by atoms with Crippen molar-refractivity contribution >= 4 is 5.91 Å². The summed E-state index contributed by atoms with van der Waals surface area (Å²) in [7, 11) is 3.88. The summed E-state index contributed by atoms with van der Waals surface area (Å²) in [4.78, 5) is 13.0. The van der Waals surface area contributed by atoms with Gasteiger partial charge in [0.1, 0.15) is 0 Å². The molecule has 0 radical (unpaired) electrons. The number of likely N-dealkylation sites (tertiary alicyclic amines) is 1. The summed E-state index contributed by atoms with van der Waals surface area (Å²) in [5.41, 5.74) is 0. The predicted octanol–water partition coefficient (Wildman–Crippen LogP) is 5.24. The van der Waals surface area contributed by atoms with Gasteiger partial charge in [-0.25, -0.2) is 4.79 Å².